The summed E-state index contributed by atoms with van der Waals surface area (Å²) in [7, 11) is 0. The van der Waals surface area contributed by atoms with Crippen LogP contribution in [0.5, 0.6) is 0 Å². The van der Waals surface area contributed by atoms with Crippen molar-refractivity contribution in [1.82, 2.24) is 5.32 Å². The average Bonchev–Trinajstić information content (AvgIpc) is 2.87. The van der Waals surface area contributed by atoms with E-state index in [-0.39, 0.29) is 5.56 Å². The van der Waals surface area contributed by atoms with Crippen LogP contribution in [0.3, 0.4) is 0 Å². The van der Waals surface area contributed by atoms with Crippen LogP contribution in [0, 0.1) is 18.6 Å². The number of hydrogen-bond donors (Lipinski definition) is 1. The third-order valence-corrected chi connectivity index (χ3v) is 3.14. The van der Waals surface area contributed by atoms with E-state index in [1.165, 1.54) is 12.1 Å². The normalized spacial score (nSPS) is 12.6. The molecule has 0 saturated heterocycles. The Morgan fingerprint density at radius 2 is 2.05 bits per heavy atom. The van der Waals surface area contributed by atoms with Crippen molar-refractivity contribution >= 4 is 0 Å². The monoisotopic (exact) mass is 265 g/mol. The highest BCUT2D eigenvalue weighted by Crippen LogP contribution is 2.26. The second kappa shape index (κ2) is 5.97. The van der Waals surface area contributed by atoms with E-state index >= 15 is 0 Å². The SMILES string of the molecule is CCNC(Cc1ccoc1)c1c(F)ccc(C)c1F. The molecule has 2 rings (SSSR count). The van der Waals surface area contributed by atoms with Gasteiger partial charge in [0.25, 0.3) is 0 Å². The van der Waals surface area contributed by atoms with Crippen LogP contribution in [0.25, 0.3) is 0 Å². The van der Waals surface area contributed by atoms with E-state index in [0.717, 1.165) is 5.56 Å². The van der Waals surface area contributed by atoms with Crippen molar-refractivity contribution in [2.24, 2.45) is 0 Å². The zero-order valence-corrected chi connectivity index (χ0v) is 11.0. The van der Waals surface area contributed by atoms with E-state index < -0.39 is 17.7 Å². The molecule has 1 unspecified atom stereocenters. The number of aryl methyl sites for hydroxylation is 1. The van der Waals surface area contributed by atoms with Crippen molar-refractivity contribution in [1.29, 1.82) is 0 Å². The first-order chi connectivity index (χ1) is 9.13. The summed E-state index contributed by atoms with van der Waals surface area (Å²) in [6.45, 7) is 4.18. The highest BCUT2D eigenvalue weighted by Gasteiger charge is 2.21. The van der Waals surface area contributed by atoms with Crippen LogP contribution in [0.2, 0.25) is 0 Å². The van der Waals surface area contributed by atoms with Gasteiger partial charge in [0.05, 0.1) is 12.5 Å². The first kappa shape index (κ1) is 13.7. The molecule has 1 aromatic heterocycles. The number of benzene rings is 1. The van der Waals surface area contributed by atoms with Crippen molar-refractivity contribution in [3.8, 4) is 0 Å². The van der Waals surface area contributed by atoms with E-state index in [4.69, 9.17) is 4.42 Å². The predicted molar refractivity (Wildman–Crippen MR) is 69.9 cm³/mol. The lowest BCUT2D eigenvalue weighted by Gasteiger charge is -2.19. The maximum absolute atomic E-state index is 14.2. The summed E-state index contributed by atoms with van der Waals surface area (Å²) >= 11 is 0. The molecule has 1 heterocycles. The number of hydrogen-bond acceptors (Lipinski definition) is 2. The van der Waals surface area contributed by atoms with Gasteiger partial charge in [-0.25, -0.2) is 8.78 Å². The topological polar surface area (TPSA) is 25.2 Å². The second-order valence-corrected chi connectivity index (χ2v) is 4.54. The maximum atomic E-state index is 14.2. The summed E-state index contributed by atoms with van der Waals surface area (Å²) in [5.74, 6) is -0.994. The van der Waals surface area contributed by atoms with Gasteiger partial charge in [-0.15, -0.1) is 0 Å². The lowest BCUT2D eigenvalue weighted by molar-refractivity contribution is 0.468. The second-order valence-electron chi connectivity index (χ2n) is 4.54. The molecular weight excluding hydrogens is 248 g/mol. The van der Waals surface area contributed by atoms with Gasteiger partial charge in [0, 0.05) is 11.6 Å². The fourth-order valence-corrected chi connectivity index (χ4v) is 2.16. The molecule has 102 valence electrons. The molecule has 0 bridgehead atoms. The largest absolute Gasteiger partial charge is 0.472 e. The number of halogens is 2. The summed E-state index contributed by atoms with van der Waals surface area (Å²) in [4.78, 5) is 0. The molecule has 0 aliphatic heterocycles. The van der Waals surface area contributed by atoms with E-state index in [0.29, 0.717) is 18.5 Å². The molecule has 0 radical (unpaired) electrons. The van der Waals surface area contributed by atoms with Crippen LogP contribution in [-0.2, 0) is 6.42 Å². The van der Waals surface area contributed by atoms with Gasteiger partial charge in [-0.3, -0.25) is 0 Å². The molecule has 0 saturated carbocycles. The highest BCUT2D eigenvalue weighted by atomic mass is 19.1. The minimum atomic E-state index is -0.516. The van der Waals surface area contributed by atoms with E-state index in [1.807, 2.05) is 6.92 Å². The van der Waals surface area contributed by atoms with Crippen molar-refractivity contribution in [2.45, 2.75) is 26.3 Å². The molecule has 19 heavy (non-hydrogen) atoms. The van der Waals surface area contributed by atoms with Gasteiger partial charge in [0.2, 0.25) is 0 Å². The molecule has 1 N–H and O–H groups in total. The van der Waals surface area contributed by atoms with Gasteiger partial charge in [-0.2, -0.15) is 0 Å². The fraction of sp³-hybridized carbons (Fsp3) is 0.333. The summed E-state index contributed by atoms with van der Waals surface area (Å²) in [6.07, 6.45) is 3.64. The standard InChI is InChI=1S/C15H17F2NO/c1-3-18-13(8-11-6-7-19-9-11)14-12(16)5-4-10(2)15(14)17/h4-7,9,13,18H,3,8H2,1-2H3. The minimum absolute atomic E-state index is 0.100. The molecule has 2 aromatic rings. The quantitative estimate of drug-likeness (QED) is 0.890. The van der Waals surface area contributed by atoms with Gasteiger partial charge in [0.15, 0.2) is 0 Å². The molecule has 0 amide bonds. The molecule has 4 heteroatoms. The Labute approximate surface area is 111 Å². The molecule has 1 atom stereocenters. The highest BCUT2D eigenvalue weighted by molar-refractivity contribution is 5.30. The Bertz CT molecular complexity index is 537. The maximum Gasteiger partial charge on any atom is 0.133 e. The summed E-state index contributed by atoms with van der Waals surface area (Å²) < 4.78 is 33.1. The van der Waals surface area contributed by atoms with Crippen LogP contribution >= 0.6 is 0 Å². The average molecular weight is 265 g/mol. The first-order valence-electron chi connectivity index (χ1n) is 6.32. The van der Waals surface area contributed by atoms with Crippen LogP contribution < -0.4 is 5.32 Å². The third kappa shape index (κ3) is 3.01. The van der Waals surface area contributed by atoms with Crippen molar-refractivity contribution in [3.05, 3.63) is 59.1 Å². The Hall–Kier alpha value is -1.68. The molecule has 2 nitrogen and oxygen atoms in total. The van der Waals surface area contributed by atoms with Crippen LogP contribution in [0.4, 0.5) is 8.78 Å². The Kier molecular flexibility index (Phi) is 4.32. The van der Waals surface area contributed by atoms with E-state index in [1.54, 1.807) is 25.5 Å². The number of likely N-dealkylation sites (N-methyl/N-ethyl adjacent to an activating group) is 1. The minimum Gasteiger partial charge on any atom is -0.472 e. The molecule has 0 aliphatic rings. The van der Waals surface area contributed by atoms with Gasteiger partial charge in [-0.05, 0) is 43.1 Å². The summed E-state index contributed by atoms with van der Waals surface area (Å²) in [5.41, 5.74) is 1.46. The fourth-order valence-electron chi connectivity index (χ4n) is 2.16. The van der Waals surface area contributed by atoms with Crippen LogP contribution in [0.15, 0.2) is 35.1 Å². The Morgan fingerprint density at radius 1 is 1.26 bits per heavy atom. The van der Waals surface area contributed by atoms with Crippen molar-refractivity contribution in [3.63, 3.8) is 0 Å². The zero-order valence-electron chi connectivity index (χ0n) is 11.0. The molecule has 0 aliphatic carbocycles. The zero-order chi connectivity index (χ0) is 13.8. The lowest BCUT2D eigenvalue weighted by atomic mass is 9.97. The van der Waals surface area contributed by atoms with Gasteiger partial charge in [0.1, 0.15) is 11.6 Å². The lowest BCUT2D eigenvalue weighted by Crippen LogP contribution is -2.25. The number of nitrogens with one attached hydrogen (secondary N) is 1. The van der Waals surface area contributed by atoms with Gasteiger partial charge >= 0.3 is 0 Å². The third-order valence-electron chi connectivity index (χ3n) is 3.14. The molecule has 1 aromatic carbocycles. The summed E-state index contributed by atoms with van der Waals surface area (Å²) in [6, 6.07) is 4.17. The first-order valence-corrected chi connectivity index (χ1v) is 6.32. The van der Waals surface area contributed by atoms with Crippen LogP contribution in [-0.4, -0.2) is 6.54 Å². The van der Waals surface area contributed by atoms with E-state index in [2.05, 4.69) is 5.32 Å². The molecule has 0 fully saturated rings. The van der Waals surface area contributed by atoms with Crippen LogP contribution in [0.1, 0.15) is 29.7 Å². The summed E-state index contributed by atoms with van der Waals surface area (Å²) in [5, 5.41) is 3.12. The Balaban J connectivity index is 2.36. The Morgan fingerprint density at radius 3 is 2.68 bits per heavy atom. The smallest absolute Gasteiger partial charge is 0.133 e. The van der Waals surface area contributed by atoms with Gasteiger partial charge < -0.3 is 9.73 Å². The van der Waals surface area contributed by atoms with Gasteiger partial charge in [-0.1, -0.05) is 13.0 Å². The van der Waals surface area contributed by atoms with Crippen molar-refractivity contribution in [2.75, 3.05) is 6.54 Å². The van der Waals surface area contributed by atoms with E-state index in [9.17, 15) is 8.78 Å². The number of furan rings is 1. The van der Waals surface area contributed by atoms with Crippen molar-refractivity contribution < 1.29 is 13.2 Å². The molecular formula is C15H17F2NO. The molecule has 0 spiro atoms. The number of rotatable bonds is 5. The predicted octanol–water partition coefficient (Wildman–Crippen LogP) is 3.76.